The quantitative estimate of drug-likeness (QED) is 0.604. The molecular weight excluding hydrogens is 444 g/mol. The smallest absolute Gasteiger partial charge is 0.407 e. The average Bonchev–Trinajstić information content (AvgIpc) is 3.15. The number of likely N-dealkylation sites (tertiary alicyclic amines) is 1. The summed E-state index contributed by atoms with van der Waals surface area (Å²) in [6.07, 6.45) is 1.16. The van der Waals surface area contributed by atoms with E-state index >= 15 is 0 Å². The zero-order chi connectivity index (χ0) is 25.1. The molecule has 1 aliphatic carbocycles. The molecule has 2 aromatic rings. The van der Waals surface area contributed by atoms with Crippen molar-refractivity contribution in [3.8, 4) is 11.1 Å². The van der Waals surface area contributed by atoms with E-state index in [2.05, 4.69) is 29.6 Å². The van der Waals surface area contributed by atoms with Gasteiger partial charge < -0.3 is 20.1 Å². The third-order valence-corrected chi connectivity index (χ3v) is 7.20. The Hall–Kier alpha value is -3.35. The van der Waals surface area contributed by atoms with E-state index in [9.17, 15) is 19.5 Å². The number of fused-ring (bicyclic) bond motifs is 3. The van der Waals surface area contributed by atoms with Gasteiger partial charge in [-0.15, -0.1) is 0 Å². The highest BCUT2D eigenvalue weighted by Crippen LogP contribution is 2.44. The van der Waals surface area contributed by atoms with Crippen molar-refractivity contribution in [2.24, 2.45) is 11.8 Å². The first-order valence-electron chi connectivity index (χ1n) is 12.5. The molecule has 2 N–H and O–H groups in total. The third kappa shape index (κ3) is 5.04. The summed E-state index contributed by atoms with van der Waals surface area (Å²) < 4.78 is 5.63. The maximum Gasteiger partial charge on any atom is 0.407 e. The lowest BCUT2D eigenvalue weighted by molar-refractivity contribution is -0.157. The average molecular weight is 479 g/mol. The maximum absolute atomic E-state index is 13.4. The molecule has 3 unspecified atom stereocenters. The molecular formula is C28H34N2O5. The topological polar surface area (TPSA) is 95.9 Å². The fourth-order valence-corrected chi connectivity index (χ4v) is 5.73. The summed E-state index contributed by atoms with van der Waals surface area (Å²) in [5.41, 5.74) is 4.51. The van der Waals surface area contributed by atoms with Gasteiger partial charge in [-0.3, -0.25) is 4.79 Å². The lowest BCUT2D eigenvalue weighted by atomic mass is 9.84. The Balaban J connectivity index is 1.45. The minimum atomic E-state index is -1.01. The van der Waals surface area contributed by atoms with Crippen molar-refractivity contribution in [2.75, 3.05) is 13.2 Å². The van der Waals surface area contributed by atoms with E-state index in [0.717, 1.165) is 28.7 Å². The van der Waals surface area contributed by atoms with Gasteiger partial charge in [0, 0.05) is 12.5 Å². The van der Waals surface area contributed by atoms with Gasteiger partial charge in [0.2, 0.25) is 5.91 Å². The number of nitrogens with zero attached hydrogens (tertiary/aromatic N) is 1. The van der Waals surface area contributed by atoms with Crippen LogP contribution in [-0.2, 0) is 14.3 Å². The predicted octanol–water partition coefficient (Wildman–Crippen LogP) is 4.65. The van der Waals surface area contributed by atoms with Crippen molar-refractivity contribution in [3.05, 3.63) is 59.7 Å². The summed E-state index contributed by atoms with van der Waals surface area (Å²) in [4.78, 5) is 39.6. The molecule has 1 heterocycles. The van der Waals surface area contributed by atoms with Gasteiger partial charge in [0.1, 0.15) is 18.7 Å². The number of hydrogen-bond acceptors (Lipinski definition) is 4. The van der Waals surface area contributed by atoms with Crippen LogP contribution in [0.25, 0.3) is 11.1 Å². The molecule has 1 aliphatic heterocycles. The molecule has 1 saturated heterocycles. The number of hydrogen-bond donors (Lipinski definition) is 2. The van der Waals surface area contributed by atoms with Gasteiger partial charge in [-0.2, -0.15) is 0 Å². The molecule has 35 heavy (non-hydrogen) atoms. The molecule has 0 bridgehead atoms. The Kier molecular flexibility index (Phi) is 7.43. The van der Waals surface area contributed by atoms with Crippen molar-refractivity contribution < 1.29 is 24.2 Å². The number of aliphatic carboxylic acids is 1. The van der Waals surface area contributed by atoms with Crippen LogP contribution in [0.5, 0.6) is 0 Å². The number of benzene rings is 2. The van der Waals surface area contributed by atoms with Crippen molar-refractivity contribution in [1.29, 1.82) is 0 Å². The van der Waals surface area contributed by atoms with E-state index in [1.807, 2.05) is 45.0 Å². The number of carboxylic acids is 1. The summed E-state index contributed by atoms with van der Waals surface area (Å²) in [5.74, 6) is -1.40. The maximum atomic E-state index is 13.4. The van der Waals surface area contributed by atoms with Crippen LogP contribution in [-0.4, -0.2) is 53.2 Å². The number of carbonyl (C=O) groups is 3. The van der Waals surface area contributed by atoms with E-state index in [1.165, 1.54) is 4.90 Å². The third-order valence-electron chi connectivity index (χ3n) is 7.20. The largest absolute Gasteiger partial charge is 0.480 e. The summed E-state index contributed by atoms with van der Waals surface area (Å²) >= 11 is 0. The normalized spacial score (nSPS) is 22.1. The van der Waals surface area contributed by atoms with Gasteiger partial charge in [0.15, 0.2) is 0 Å². The summed E-state index contributed by atoms with van der Waals surface area (Å²) in [6.45, 7) is 6.33. The highest BCUT2D eigenvalue weighted by molar-refractivity contribution is 5.89. The molecule has 0 saturated carbocycles. The van der Waals surface area contributed by atoms with Crippen LogP contribution in [0.4, 0.5) is 4.79 Å². The summed E-state index contributed by atoms with van der Waals surface area (Å²) in [6, 6.07) is 14.5. The summed E-state index contributed by atoms with van der Waals surface area (Å²) in [5, 5.41) is 12.5. The molecule has 2 aromatic carbocycles. The van der Waals surface area contributed by atoms with Crippen molar-refractivity contribution in [1.82, 2.24) is 10.2 Å². The molecule has 0 spiro atoms. The predicted molar refractivity (Wildman–Crippen MR) is 133 cm³/mol. The number of amides is 2. The van der Waals surface area contributed by atoms with Crippen LogP contribution in [0.2, 0.25) is 0 Å². The Bertz CT molecular complexity index is 1050. The number of carbonyl (C=O) groups excluding carboxylic acids is 2. The first kappa shape index (κ1) is 24.8. The van der Waals surface area contributed by atoms with E-state index in [0.29, 0.717) is 19.4 Å². The second kappa shape index (κ2) is 10.5. The molecule has 186 valence electrons. The number of carboxylic acid groups (broad SMARTS) is 1. The number of rotatable bonds is 7. The molecule has 0 aromatic heterocycles. The first-order valence-corrected chi connectivity index (χ1v) is 12.5. The van der Waals surface area contributed by atoms with Crippen molar-refractivity contribution in [3.63, 3.8) is 0 Å². The van der Waals surface area contributed by atoms with Gasteiger partial charge in [-0.1, -0.05) is 75.7 Å². The fraction of sp³-hybridized carbons (Fsp3) is 0.464. The van der Waals surface area contributed by atoms with Gasteiger partial charge in [-0.25, -0.2) is 9.59 Å². The van der Waals surface area contributed by atoms with Crippen LogP contribution < -0.4 is 5.32 Å². The monoisotopic (exact) mass is 478 g/mol. The van der Waals surface area contributed by atoms with Crippen molar-refractivity contribution in [2.45, 2.75) is 58.0 Å². The van der Waals surface area contributed by atoms with E-state index in [-0.39, 0.29) is 30.3 Å². The number of piperidine rings is 1. The molecule has 7 nitrogen and oxygen atoms in total. The molecule has 4 rings (SSSR count). The highest BCUT2D eigenvalue weighted by Gasteiger charge is 2.41. The SMILES string of the molecule is CCC[C@H](NC(=O)OCC1c2ccccc2-c2ccccc21)C(=O)N1CC(C)CC(C)C1C(=O)O. The Labute approximate surface area is 206 Å². The van der Waals surface area contributed by atoms with E-state index < -0.39 is 24.1 Å². The van der Waals surface area contributed by atoms with Crippen LogP contribution >= 0.6 is 0 Å². The first-order chi connectivity index (χ1) is 16.8. The van der Waals surface area contributed by atoms with Gasteiger partial charge >= 0.3 is 12.1 Å². The molecule has 4 atom stereocenters. The number of ether oxygens (including phenoxy) is 1. The van der Waals surface area contributed by atoms with E-state index in [4.69, 9.17) is 4.74 Å². The zero-order valence-corrected chi connectivity index (χ0v) is 20.6. The highest BCUT2D eigenvalue weighted by atomic mass is 16.5. The van der Waals surface area contributed by atoms with E-state index in [1.54, 1.807) is 0 Å². The van der Waals surface area contributed by atoms with Crippen LogP contribution in [0.3, 0.4) is 0 Å². The summed E-state index contributed by atoms with van der Waals surface area (Å²) in [7, 11) is 0. The lowest BCUT2D eigenvalue weighted by Gasteiger charge is -2.41. The number of alkyl carbamates (subject to hydrolysis) is 1. The lowest BCUT2D eigenvalue weighted by Crippen LogP contribution is -2.59. The van der Waals surface area contributed by atoms with Gasteiger partial charge in [0.05, 0.1) is 0 Å². The minimum absolute atomic E-state index is 0.0753. The van der Waals surface area contributed by atoms with Crippen LogP contribution in [0.15, 0.2) is 48.5 Å². The van der Waals surface area contributed by atoms with Crippen LogP contribution in [0.1, 0.15) is 57.1 Å². The molecule has 2 aliphatic rings. The Morgan fingerprint density at radius 2 is 1.66 bits per heavy atom. The van der Waals surface area contributed by atoms with Crippen LogP contribution in [0, 0.1) is 11.8 Å². The Morgan fingerprint density at radius 3 is 2.23 bits per heavy atom. The molecule has 1 fully saturated rings. The molecule has 7 heteroatoms. The van der Waals surface area contributed by atoms with Crippen molar-refractivity contribution >= 4 is 18.0 Å². The zero-order valence-electron chi connectivity index (χ0n) is 20.6. The fourth-order valence-electron chi connectivity index (χ4n) is 5.73. The standard InChI is InChI=1S/C28H34N2O5/c1-4-9-24(26(31)30-15-17(2)14-18(3)25(30)27(32)33)29-28(34)35-16-23-21-12-7-5-10-19(21)20-11-6-8-13-22(20)23/h5-8,10-13,17-18,23-25H,4,9,14-16H2,1-3H3,(H,29,34)(H,32,33)/t17?,18?,24-,25?/m0/s1. The minimum Gasteiger partial charge on any atom is -0.480 e. The van der Waals surface area contributed by atoms with Gasteiger partial charge in [0.25, 0.3) is 0 Å². The second-order valence-corrected chi connectivity index (χ2v) is 9.90. The number of nitrogens with one attached hydrogen (secondary N) is 1. The second-order valence-electron chi connectivity index (χ2n) is 9.90. The van der Waals surface area contributed by atoms with Gasteiger partial charge in [-0.05, 0) is 46.9 Å². The molecule has 2 amide bonds. The Morgan fingerprint density at radius 1 is 1.06 bits per heavy atom. The molecule has 0 radical (unpaired) electrons.